The highest BCUT2D eigenvalue weighted by Gasteiger charge is 2.19. The third-order valence-corrected chi connectivity index (χ3v) is 4.15. The van der Waals surface area contributed by atoms with Crippen LogP contribution in [0.5, 0.6) is 0 Å². The number of sulfonamides is 1. The summed E-state index contributed by atoms with van der Waals surface area (Å²) < 4.78 is 28.2. The summed E-state index contributed by atoms with van der Waals surface area (Å²) >= 11 is 0. The van der Waals surface area contributed by atoms with Crippen LogP contribution in [0.3, 0.4) is 0 Å². The highest BCUT2D eigenvalue weighted by Crippen LogP contribution is 2.29. The number of nitrogens with zero attached hydrogens (tertiary/aromatic N) is 1. The minimum Gasteiger partial charge on any atom is -0.399 e. The van der Waals surface area contributed by atoms with Gasteiger partial charge in [0.05, 0.1) is 11.5 Å². The molecule has 0 heterocycles. The average molecular weight is 287 g/mol. The summed E-state index contributed by atoms with van der Waals surface area (Å²) in [7, 11) is -0.311. The molecule has 7 heteroatoms. The van der Waals surface area contributed by atoms with Crippen molar-refractivity contribution in [1.29, 1.82) is 0 Å². The Balaban J connectivity index is 3.33. The Morgan fingerprint density at radius 3 is 2.47 bits per heavy atom. The van der Waals surface area contributed by atoms with Crippen molar-refractivity contribution in [3.63, 3.8) is 0 Å². The van der Waals surface area contributed by atoms with Gasteiger partial charge in [-0.05, 0) is 31.5 Å². The van der Waals surface area contributed by atoms with Crippen LogP contribution in [0.2, 0.25) is 0 Å². The standard InChI is InChI=1S/C12H21N3O3S/c1-8(7-18-4)15(3)11-5-10(13)6-12(9(11)2)19(14,16)17/h5-6,8H,7,13H2,1-4H3,(H2,14,16,17). The van der Waals surface area contributed by atoms with Crippen LogP contribution in [0.25, 0.3) is 0 Å². The Bertz CT molecular complexity index is 558. The molecule has 1 unspecified atom stereocenters. The molecule has 108 valence electrons. The van der Waals surface area contributed by atoms with Crippen LogP contribution in [0.15, 0.2) is 17.0 Å². The summed E-state index contributed by atoms with van der Waals surface area (Å²) in [6.07, 6.45) is 0. The molecular weight excluding hydrogens is 266 g/mol. The first-order valence-electron chi connectivity index (χ1n) is 5.83. The molecule has 0 spiro atoms. The summed E-state index contributed by atoms with van der Waals surface area (Å²) in [6.45, 7) is 4.21. The summed E-state index contributed by atoms with van der Waals surface area (Å²) in [5.74, 6) is 0. The van der Waals surface area contributed by atoms with Crippen molar-refractivity contribution >= 4 is 21.4 Å². The molecule has 6 nitrogen and oxygen atoms in total. The van der Waals surface area contributed by atoms with Crippen molar-refractivity contribution in [2.45, 2.75) is 24.8 Å². The van der Waals surface area contributed by atoms with E-state index in [4.69, 9.17) is 15.6 Å². The SMILES string of the molecule is COCC(C)N(C)c1cc(N)cc(S(N)(=O)=O)c1C. The minimum atomic E-state index is -3.79. The van der Waals surface area contributed by atoms with Gasteiger partial charge in [-0.15, -0.1) is 0 Å². The summed E-state index contributed by atoms with van der Waals surface area (Å²) in [6, 6.07) is 3.19. The second kappa shape index (κ2) is 5.77. The van der Waals surface area contributed by atoms with Gasteiger partial charge in [0.15, 0.2) is 0 Å². The predicted octanol–water partition coefficient (Wildman–Crippen LogP) is 0.696. The fourth-order valence-electron chi connectivity index (χ4n) is 1.95. The summed E-state index contributed by atoms with van der Waals surface area (Å²) in [5.41, 5.74) is 7.44. The van der Waals surface area contributed by atoms with Gasteiger partial charge in [-0.3, -0.25) is 0 Å². The zero-order valence-electron chi connectivity index (χ0n) is 11.7. The van der Waals surface area contributed by atoms with Crippen LogP contribution >= 0.6 is 0 Å². The number of hydrogen-bond acceptors (Lipinski definition) is 5. The first-order valence-corrected chi connectivity index (χ1v) is 7.37. The van der Waals surface area contributed by atoms with Crippen LogP contribution in [0.1, 0.15) is 12.5 Å². The number of hydrogen-bond donors (Lipinski definition) is 2. The second-order valence-electron chi connectivity index (χ2n) is 4.62. The molecule has 0 aliphatic carbocycles. The monoisotopic (exact) mass is 287 g/mol. The molecule has 1 aromatic rings. The molecule has 0 aromatic heterocycles. The van der Waals surface area contributed by atoms with Gasteiger partial charge in [0.1, 0.15) is 0 Å². The number of anilines is 2. The zero-order valence-corrected chi connectivity index (χ0v) is 12.5. The number of nitrogen functional groups attached to an aromatic ring is 1. The lowest BCUT2D eigenvalue weighted by Gasteiger charge is -2.29. The summed E-state index contributed by atoms with van der Waals surface area (Å²) in [5, 5.41) is 5.20. The molecule has 1 aromatic carbocycles. The highest BCUT2D eigenvalue weighted by atomic mass is 32.2. The molecule has 19 heavy (non-hydrogen) atoms. The fourth-order valence-corrected chi connectivity index (χ4v) is 2.78. The molecule has 1 rings (SSSR count). The summed E-state index contributed by atoms with van der Waals surface area (Å²) in [4.78, 5) is 1.98. The van der Waals surface area contributed by atoms with E-state index in [0.717, 1.165) is 5.69 Å². The maximum Gasteiger partial charge on any atom is 0.238 e. The molecular formula is C12H21N3O3S. The van der Waals surface area contributed by atoms with Crippen molar-refractivity contribution in [3.8, 4) is 0 Å². The zero-order chi connectivity index (χ0) is 14.8. The molecule has 0 amide bonds. The van der Waals surface area contributed by atoms with Gasteiger partial charge in [0, 0.05) is 31.6 Å². The lowest BCUT2D eigenvalue weighted by molar-refractivity contribution is 0.183. The molecule has 0 aliphatic rings. The van der Waals surface area contributed by atoms with Crippen molar-refractivity contribution in [2.75, 3.05) is 31.4 Å². The lowest BCUT2D eigenvalue weighted by atomic mass is 10.1. The third-order valence-electron chi connectivity index (χ3n) is 3.11. The Morgan fingerprint density at radius 1 is 1.42 bits per heavy atom. The Labute approximate surface area is 114 Å². The van der Waals surface area contributed by atoms with E-state index >= 15 is 0 Å². The molecule has 0 bridgehead atoms. The Kier molecular flexibility index (Phi) is 4.78. The van der Waals surface area contributed by atoms with E-state index in [0.29, 0.717) is 17.9 Å². The van der Waals surface area contributed by atoms with E-state index in [-0.39, 0.29) is 10.9 Å². The van der Waals surface area contributed by atoms with Gasteiger partial charge in [-0.2, -0.15) is 0 Å². The van der Waals surface area contributed by atoms with E-state index in [9.17, 15) is 8.42 Å². The first-order chi connectivity index (χ1) is 8.68. The van der Waals surface area contributed by atoms with Crippen LogP contribution in [0, 0.1) is 6.92 Å². The number of likely N-dealkylation sites (N-methyl/N-ethyl adjacent to an activating group) is 1. The van der Waals surface area contributed by atoms with Gasteiger partial charge in [0.25, 0.3) is 0 Å². The molecule has 1 atom stereocenters. The number of primary sulfonamides is 1. The quantitative estimate of drug-likeness (QED) is 0.777. The van der Waals surface area contributed by atoms with Gasteiger partial charge >= 0.3 is 0 Å². The Hall–Kier alpha value is -1.31. The largest absolute Gasteiger partial charge is 0.399 e. The van der Waals surface area contributed by atoms with E-state index in [1.807, 2.05) is 18.9 Å². The number of benzene rings is 1. The highest BCUT2D eigenvalue weighted by molar-refractivity contribution is 7.89. The van der Waals surface area contributed by atoms with Crippen LogP contribution < -0.4 is 15.8 Å². The Morgan fingerprint density at radius 2 is 2.00 bits per heavy atom. The molecule has 4 N–H and O–H groups in total. The molecule has 0 radical (unpaired) electrons. The van der Waals surface area contributed by atoms with Crippen LogP contribution in [-0.2, 0) is 14.8 Å². The van der Waals surface area contributed by atoms with Gasteiger partial charge in [0.2, 0.25) is 10.0 Å². The number of methoxy groups -OCH3 is 1. The van der Waals surface area contributed by atoms with Crippen molar-refractivity contribution < 1.29 is 13.2 Å². The van der Waals surface area contributed by atoms with Gasteiger partial charge < -0.3 is 15.4 Å². The van der Waals surface area contributed by atoms with Gasteiger partial charge in [-0.1, -0.05) is 0 Å². The van der Waals surface area contributed by atoms with Crippen molar-refractivity contribution in [1.82, 2.24) is 0 Å². The number of nitrogens with two attached hydrogens (primary N) is 2. The average Bonchev–Trinajstić information content (AvgIpc) is 2.29. The van der Waals surface area contributed by atoms with Crippen molar-refractivity contribution in [3.05, 3.63) is 17.7 Å². The normalized spacial score (nSPS) is 13.3. The molecule has 0 saturated heterocycles. The second-order valence-corrected chi connectivity index (χ2v) is 6.15. The maximum atomic E-state index is 11.6. The molecule has 0 aliphatic heterocycles. The van der Waals surface area contributed by atoms with E-state index in [1.54, 1.807) is 20.1 Å². The van der Waals surface area contributed by atoms with Crippen molar-refractivity contribution in [2.24, 2.45) is 5.14 Å². The third kappa shape index (κ3) is 3.59. The van der Waals surface area contributed by atoms with E-state index in [1.165, 1.54) is 6.07 Å². The number of ether oxygens (including phenoxy) is 1. The van der Waals surface area contributed by atoms with E-state index in [2.05, 4.69) is 0 Å². The minimum absolute atomic E-state index is 0.0546. The molecule has 0 saturated carbocycles. The fraction of sp³-hybridized carbons (Fsp3) is 0.500. The topological polar surface area (TPSA) is 98.7 Å². The lowest BCUT2D eigenvalue weighted by Crippen LogP contribution is -2.33. The van der Waals surface area contributed by atoms with Crippen LogP contribution in [0.4, 0.5) is 11.4 Å². The predicted molar refractivity (Wildman–Crippen MR) is 76.7 cm³/mol. The van der Waals surface area contributed by atoms with Crippen LogP contribution in [-0.4, -0.2) is 35.2 Å². The smallest absolute Gasteiger partial charge is 0.238 e. The molecule has 0 fully saturated rings. The van der Waals surface area contributed by atoms with E-state index < -0.39 is 10.0 Å². The number of rotatable bonds is 5. The first kappa shape index (κ1) is 15.7. The maximum absolute atomic E-state index is 11.6. The van der Waals surface area contributed by atoms with Gasteiger partial charge in [-0.25, -0.2) is 13.6 Å².